The van der Waals surface area contributed by atoms with Gasteiger partial charge in [0, 0.05) is 35.6 Å². The maximum Gasteiger partial charge on any atom is 0.0334 e. The first kappa shape index (κ1) is 14.0. The van der Waals surface area contributed by atoms with E-state index in [1.54, 1.807) is 0 Å². The highest BCUT2D eigenvalue weighted by Crippen LogP contribution is 2.30. The highest BCUT2D eigenvalue weighted by molar-refractivity contribution is 7.09. The molecule has 1 aliphatic rings. The number of rotatable bonds is 4. The summed E-state index contributed by atoms with van der Waals surface area (Å²) in [4.78, 5) is 4.16. The maximum atomic E-state index is 3.76. The first-order valence-corrected chi connectivity index (χ1v) is 7.92. The Kier molecular flexibility index (Phi) is 4.15. The van der Waals surface area contributed by atoms with E-state index in [0.29, 0.717) is 5.54 Å². The second-order valence-corrected chi connectivity index (χ2v) is 7.09. The lowest BCUT2D eigenvalue weighted by Gasteiger charge is -2.52. The van der Waals surface area contributed by atoms with Crippen molar-refractivity contribution in [3.63, 3.8) is 0 Å². The predicted octanol–water partition coefficient (Wildman–Crippen LogP) is 3.49. The van der Waals surface area contributed by atoms with Crippen LogP contribution in [0.1, 0.15) is 45.4 Å². The summed E-state index contributed by atoms with van der Waals surface area (Å²) >= 11 is 1.87. The molecular formula is C15H26N2S. The molecule has 0 amide bonds. The fourth-order valence-electron chi connectivity index (χ4n) is 2.61. The Labute approximate surface area is 115 Å². The monoisotopic (exact) mass is 266 g/mol. The van der Waals surface area contributed by atoms with Gasteiger partial charge in [0.25, 0.3) is 0 Å². The quantitative estimate of drug-likeness (QED) is 0.897. The van der Waals surface area contributed by atoms with Crippen LogP contribution in [0.5, 0.6) is 0 Å². The molecule has 2 unspecified atom stereocenters. The zero-order valence-electron chi connectivity index (χ0n) is 12.1. The van der Waals surface area contributed by atoms with E-state index in [9.17, 15) is 0 Å². The summed E-state index contributed by atoms with van der Waals surface area (Å²) in [5.74, 6) is 0. The molecule has 1 aromatic heterocycles. The van der Waals surface area contributed by atoms with Crippen LogP contribution >= 0.6 is 11.3 Å². The maximum absolute atomic E-state index is 3.76. The van der Waals surface area contributed by atoms with Gasteiger partial charge in [0.1, 0.15) is 0 Å². The van der Waals surface area contributed by atoms with Gasteiger partial charge in [-0.25, -0.2) is 0 Å². The number of piperazine rings is 1. The molecule has 1 saturated heterocycles. The lowest BCUT2D eigenvalue weighted by atomic mass is 9.85. The second kappa shape index (κ2) is 5.32. The van der Waals surface area contributed by atoms with Crippen molar-refractivity contribution in [1.29, 1.82) is 0 Å². The van der Waals surface area contributed by atoms with Crippen LogP contribution in [0.15, 0.2) is 17.5 Å². The minimum absolute atomic E-state index is 0.270. The number of nitrogens with zero attached hydrogens (tertiary/aromatic N) is 1. The molecule has 2 nitrogen and oxygen atoms in total. The van der Waals surface area contributed by atoms with E-state index in [1.807, 2.05) is 11.3 Å². The molecule has 2 rings (SSSR count). The molecule has 3 heteroatoms. The minimum Gasteiger partial charge on any atom is -0.308 e. The van der Waals surface area contributed by atoms with Gasteiger partial charge in [-0.1, -0.05) is 19.9 Å². The van der Waals surface area contributed by atoms with Crippen LogP contribution in [-0.2, 0) is 6.54 Å². The first-order valence-electron chi connectivity index (χ1n) is 7.04. The third-order valence-corrected chi connectivity index (χ3v) is 5.53. The van der Waals surface area contributed by atoms with Gasteiger partial charge in [0.15, 0.2) is 0 Å². The molecule has 0 radical (unpaired) electrons. The molecule has 0 aromatic carbocycles. The number of hydrogen-bond donors (Lipinski definition) is 1. The molecule has 0 spiro atoms. The highest BCUT2D eigenvalue weighted by Gasteiger charge is 2.40. The molecule has 102 valence electrons. The largest absolute Gasteiger partial charge is 0.308 e. The summed E-state index contributed by atoms with van der Waals surface area (Å²) in [6, 6.07) is 4.41. The van der Waals surface area contributed by atoms with Crippen molar-refractivity contribution >= 4 is 11.3 Å². The molecule has 18 heavy (non-hydrogen) atoms. The van der Waals surface area contributed by atoms with Gasteiger partial charge in [-0.05, 0) is 38.1 Å². The molecule has 0 aliphatic carbocycles. The van der Waals surface area contributed by atoms with E-state index >= 15 is 0 Å². The van der Waals surface area contributed by atoms with E-state index < -0.39 is 0 Å². The highest BCUT2D eigenvalue weighted by atomic mass is 32.1. The second-order valence-electron chi connectivity index (χ2n) is 6.05. The van der Waals surface area contributed by atoms with Crippen LogP contribution in [0.3, 0.4) is 0 Å². The zero-order chi connectivity index (χ0) is 13.2. The van der Waals surface area contributed by atoms with Crippen molar-refractivity contribution < 1.29 is 0 Å². The van der Waals surface area contributed by atoms with Crippen LogP contribution in [0.4, 0.5) is 0 Å². The van der Waals surface area contributed by atoms with Crippen LogP contribution < -0.4 is 5.32 Å². The average Bonchev–Trinajstić information content (AvgIpc) is 2.87. The Balaban J connectivity index is 2.15. The molecule has 1 aliphatic heterocycles. The Hall–Kier alpha value is -0.380. The molecule has 1 fully saturated rings. The topological polar surface area (TPSA) is 15.3 Å². The summed E-state index contributed by atoms with van der Waals surface area (Å²) in [5.41, 5.74) is 0.560. The third kappa shape index (κ3) is 2.79. The normalized spacial score (nSPS) is 33.8. The summed E-state index contributed by atoms with van der Waals surface area (Å²) in [7, 11) is 0. The zero-order valence-corrected chi connectivity index (χ0v) is 12.9. The van der Waals surface area contributed by atoms with E-state index in [2.05, 4.69) is 55.4 Å². The Morgan fingerprint density at radius 2 is 2.11 bits per heavy atom. The van der Waals surface area contributed by atoms with Crippen LogP contribution in [-0.4, -0.2) is 29.1 Å². The molecule has 2 heterocycles. The van der Waals surface area contributed by atoms with Crippen LogP contribution in [0.2, 0.25) is 0 Å². The number of nitrogens with one attached hydrogen (secondary N) is 1. The molecule has 2 atom stereocenters. The summed E-state index contributed by atoms with van der Waals surface area (Å²) in [6.45, 7) is 12.7. The van der Waals surface area contributed by atoms with E-state index in [-0.39, 0.29) is 5.54 Å². The third-order valence-electron chi connectivity index (χ3n) is 4.67. The predicted molar refractivity (Wildman–Crippen MR) is 80.1 cm³/mol. The van der Waals surface area contributed by atoms with E-state index in [1.165, 1.54) is 17.7 Å². The lowest BCUT2D eigenvalue weighted by Crippen LogP contribution is -2.67. The van der Waals surface area contributed by atoms with Gasteiger partial charge in [0.2, 0.25) is 0 Å². The van der Waals surface area contributed by atoms with Gasteiger partial charge < -0.3 is 5.32 Å². The van der Waals surface area contributed by atoms with E-state index in [0.717, 1.165) is 19.6 Å². The first-order chi connectivity index (χ1) is 8.51. The van der Waals surface area contributed by atoms with E-state index in [4.69, 9.17) is 0 Å². The van der Waals surface area contributed by atoms with Crippen molar-refractivity contribution in [2.75, 3.05) is 13.1 Å². The van der Waals surface area contributed by atoms with Gasteiger partial charge >= 0.3 is 0 Å². The van der Waals surface area contributed by atoms with Gasteiger partial charge in [0.05, 0.1) is 0 Å². The van der Waals surface area contributed by atoms with Gasteiger partial charge in [-0.15, -0.1) is 11.3 Å². The molecule has 0 bridgehead atoms. The van der Waals surface area contributed by atoms with Crippen molar-refractivity contribution in [2.24, 2.45) is 0 Å². The average molecular weight is 266 g/mol. The van der Waals surface area contributed by atoms with Crippen molar-refractivity contribution in [2.45, 2.75) is 58.2 Å². The van der Waals surface area contributed by atoms with Crippen molar-refractivity contribution in [3.05, 3.63) is 22.4 Å². The lowest BCUT2D eigenvalue weighted by molar-refractivity contribution is 0.0112. The molecular weight excluding hydrogens is 240 g/mol. The van der Waals surface area contributed by atoms with Crippen molar-refractivity contribution in [1.82, 2.24) is 10.2 Å². The summed E-state index contributed by atoms with van der Waals surface area (Å²) < 4.78 is 0. The van der Waals surface area contributed by atoms with Crippen LogP contribution in [0, 0.1) is 0 Å². The Bertz CT molecular complexity index is 376. The molecule has 1 aromatic rings. The van der Waals surface area contributed by atoms with Gasteiger partial charge in [-0.2, -0.15) is 0 Å². The minimum atomic E-state index is 0.270. The smallest absolute Gasteiger partial charge is 0.0334 e. The number of thiophene rings is 1. The number of hydrogen-bond acceptors (Lipinski definition) is 3. The van der Waals surface area contributed by atoms with Gasteiger partial charge in [-0.3, -0.25) is 4.90 Å². The molecule has 1 N–H and O–H groups in total. The summed E-state index contributed by atoms with van der Waals surface area (Å²) in [6.07, 6.45) is 2.39. The Morgan fingerprint density at radius 3 is 2.67 bits per heavy atom. The molecule has 0 saturated carbocycles. The standard InChI is InChI=1S/C15H26N2S/c1-5-14(3)12-17(10-13-8-7-9-18-13)15(4,6-2)11-16-14/h7-9,16H,5-6,10-12H2,1-4H3. The van der Waals surface area contributed by atoms with Crippen molar-refractivity contribution in [3.8, 4) is 0 Å². The van der Waals surface area contributed by atoms with Crippen LogP contribution in [0.25, 0.3) is 0 Å². The fraction of sp³-hybridized carbons (Fsp3) is 0.733. The SMILES string of the molecule is CCC1(C)CN(Cc2cccs2)C(C)(CC)CN1. The Morgan fingerprint density at radius 1 is 1.33 bits per heavy atom. The fourth-order valence-corrected chi connectivity index (χ4v) is 3.33. The summed E-state index contributed by atoms with van der Waals surface area (Å²) in [5, 5.41) is 5.94.